The third kappa shape index (κ3) is 6.58. The van der Waals surface area contributed by atoms with Gasteiger partial charge in [0.05, 0.1) is 6.42 Å². The fourth-order valence-corrected chi connectivity index (χ4v) is 3.15. The second kappa shape index (κ2) is 10.8. The number of esters is 1. The zero-order valence-corrected chi connectivity index (χ0v) is 16.2. The third-order valence-electron chi connectivity index (χ3n) is 4.66. The summed E-state index contributed by atoms with van der Waals surface area (Å²) in [7, 11) is 0. The molecule has 0 N–H and O–H groups in total. The lowest BCUT2D eigenvalue weighted by Gasteiger charge is -2.16. The number of benzene rings is 3. The molecule has 3 nitrogen and oxygen atoms in total. The number of Topliss-reactive ketones (excluding diaryl/α,β-unsaturated/α-hetero) is 1. The molecule has 0 aliphatic carbocycles. The van der Waals surface area contributed by atoms with Crippen LogP contribution in [0.1, 0.15) is 40.2 Å². The van der Waals surface area contributed by atoms with Gasteiger partial charge in [-0.15, -0.1) is 0 Å². The standard InChI is InChI=1S/C26H24O3/c27-25(23-16-8-3-9-17-23)19-24(22-14-6-2-7-15-22)20-26(28)29-18-10-13-21-11-4-1-5-12-21/h1-17,24H,18-20H2. The Morgan fingerprint density at radius 1 is 0.759 bits per heavy atom. The highest BCUT2D eigenvalue weighted by Crippen LogP contribution is 2.26. The molecule has 0 radical (unpaired) electrons. The molecule has 0 saturated heterocycles. The average molecular weight is 384 g/mol. The molecule has 0 heterocycles. The van der Waals surface area contributed by atoms with Gasteiger partial charge in [-0.3, -0.25) is 9.59 Å². The van der Waals surface area contributed by atoms with E-state index in [9.17, 15) is 9.59 Å². The van der Waals surface area contributed by atoms with Gasteiger partial charge >= 0.3 is 5.97 Å². The SMILES string of the molecule is O=C(CC(CC(=O)c1ccccc1)c1ccccc1)OCC=Cc1ccccc1. The zero-order valence-electron chi connectivity index (χ0n) is 16.2. The Morgan fingerprint density at radius 2 is 1.34 bits per heavy atom. The van der Waals surface area contributed by atoms with Crippen LogP contribution in [-0.2, 0) is 9.53 Å². The van der Waals surface area contributed by atoms with Crippen LogP contribution in [0.5, 0.6) is 0 Å². The van der Waals surface area contributed by atoms with E-state index in [0.29, 0.717) is 5.56 Å². The molecular formula is C26H24O3. The van der Waals surface area contributed by atoms with Crippen molar-refractivity contribution in [3.63, 3.8) is 0 Å². The highest BCUT2D eigenvalue weighted by atomic mass is 16.5. The molecule has 0 aliphatic rings. The maximum absolute atomic E-state index is 12.7. The summed E-state index contributed by atoms with van der Waals surface area (Å²) < 4.78 is 5.37. The fourth-order valence-electron chi connectivity index (χ4n) is 3.15. The number of carbonyl (C=O) groups excluding carboxylic acids is 2. The Hall–Kier alpha value is -3.46. The minimum Gasteiger partial charge on any atom is -0.461 e. The van der Waals surface area contributed by atoms with Crippen molar-refractivity contribution in [2.24, 2.45) is 0 Å². The molecule has 0 spiro atoms. The largest absolute Gasteiger partial charge is 0.461 e. The van der Waals surface area contributed by atoms with Crippen LogP contribution in [0.25, 0.3) is 6.08 Å². The molecule has 146 valence electrons. The summed E-state index contributed by atoms with van der Waals surface area (Å²) in [6, 6.07) is 28.7. The van der Waals surface area contributed by atoms with Gasteiger partial charge in [-0.1, -0.05) is 97.1 Å². The van der Waals surface area contributed by atoms with Crippen molar-refractivity contribution in [3.05, 3.63) is 114 Å². The highest BCUT2D eigenvalue weighted by molar-refractivity contribution is 5.96. The summed E-state index contributed by atoms with van der Waals surface area (Å²) >= 11 is 0. The van der Waals surface area contributed by atoms with Gasteiger partial charge in [0.2, 0.25) is 0 Å². The maximum atomic E-state index is 12.7. The van der Waals surface area contributed by atoms with E-state index in [0.717, 1.165) is 11.1 Å². The smallest absolute Gasteiger partial charge is 0.306 e. The van der Waals surface area contributed by atoms with E-state index in [-0.39, 0.29) is 37.1 Å². The molecule has 1 unspecified atom stereocenters. The van der Waals surface area contributed by atoms with Crippen LogP contribution in [0, 0.1) is 0 Å². The molecular weight excluding hydrogens is 360 g/mol. The van der Waals surface area contributed by atoms with Gasteiger partial charge in [-0.25, -0.2) is 0 Å². The van der Waals surface area contributed by atoms with Crippen LogP contribution < -0.4 is 0 Å². The van der Waals surface area contributed by atoms with Gasteiger partial charge in [0, 0.05) is 17.9 Å². The van der Waals surface area contributed by atoms with Gasteiger partial charge in [0.15, 0.2) is 5.78 Å². The lowest BCUT2D eigenvalue weighted by Crippen LogP contribution is -2.14. The molecule has 29 heavy (non-hydrogen) atoms. The van der Waals surface area contributed by atoms with Crippen LogP contribution in [0.2, 0.25) is 0 Å². The average Bonchev–Trinajstić information content (AvgIpc) is 2.78. The van der Waals surface area contributed by atoms with E-state index in [4.69, 9.17) is 4.74 Å². The van der Waals surface area contributed by atoms with E-state index in [1.165, 1.54) is 0 Å². The van der Waals surface area contributed by atoms with Crippen LogP contribution >= 0.6 is 0 Å². The molecule has 3 heteroatoms. The van der Waals surface area contributed by atoms with E-state index in [1.807, 2.05) is 91.0 Å². The van der Waals surface area contributed by atoms with Crippen molar-refractivity contribution in [2.45, 2.75) is 18.8 Å². The Bertz CT molecular complexity index is 931. The van der Waals surface area contributed by atoms with Gasteiger partial charge in [-0.05, 0) is 17.2 Å². The van der Waals surface area contributed by atoms with Crippen molar-refractivity contribution >= 4 is 17.8 Å². The minimum atomic E-state index is -0.308. The second-order valence-corrected chi connectivity index (χ2v) is 6.80. The van der Waals surface area contributed by atoms with Crippen LogP contribution in [0.4, 0.5) is 0 Å². The van der Waals surface area contributed by atoms with Crippen molar-refractivity contribution in [1.29, 1.82) is 0 Å². The summed E-state index contributed by atoms with van der Waals surface area (Å²) in [6.45, 7) is 0.210. The predicted molar refractivity (Wildman–Crippen MR) is 116 cm³/mol. The lowest BCUT2D eigenvalue weighted by molar-refractivity contribution is -0.142. The fraction of sp³-hybridized carbons (Fsp3) is 0.154. The number of ether oxygens (including phenoxy) is 1. The number of rotatable bonds is 9. The first-order valence-corrected chi connectivity index (χ1v) is 9.73. The highest BCUT2D eigenvalue weighted by Gasteiger charge is 2.21. The summed E-state index contributed by atoms with van der Waals surface area (Å²) in [5.74, 6) is -0.497. The zero-order chi connectivity index (χ0) is 20.3. The Balaban J connectivity index is 1.60. The number of ketones is 1. The molecule has 0 fully saturated rings. The van der Waals surface area contributed by atoms with E-state index in [2.05, 4.69) is 0 Å². The van der Waals surface area contributed by atoms with E-state index < -0.39 is 0 Å². The van der Waals surface area contributed by atoms with Crippen LogP contribution in [0.15, 0.2) is 97.1 Å². The van der Waals surface area contributed by atoms with Gasteiger partial charge < -0.3 is 4.74 Å². The molecule has 3 rings (SSSR count). The number of hydrogen-bond acceptors (Lipinski definition) is 3. The molecule has 0 aliphatic heterocycles. The molecule has 1 atom stereocenters. The summed E-state index contributed by atoms with van der Waals surface area (Å²) in [5, 5.41) is 0. The first-order chi connectivity index (χ1) is 14.2. The molecule has 0 amide bonds. The third-order valence-corrected chi connectivity index (χ3v) is 4.66. The van der Waals surface area contributed by atoms with E-state index in [1.54, 1.807) is 12.1 Å². The summed E-state index contributed by atoms with van der Waals surface area (Å²) in [6.07, 6.45) is 4.17. The predicted octanol–water partition coefficient (Wildman–Crippen LogP) is 5.69. The van der Waals surface area contributed by atoms with Crippen molar-refractivity contribution in [3.8, 4) is 0 Å². The molecule has 0 bridgehead atoms. The minimum absolute atomic E-state index is 0.0243. The Kier molecular flexibility index (Phi) is 7.53. The van der Waals surface area contributed by atoms with Crippen LogP contribution in [-0.4, -0.2) is 18.4 Å². The first-order valence-electron chi connectivity index (χ1n) is 9.73. The topological polar surface area (TPSA) is 43.4 Å². The summed E-state index contributed by atoms with van der Waals surface area (Å²) in [4.78, 5) is 25.1. The Labute approximate surface area is 171 Å². The van der Waals surface area contributed by atoms with Crippen molar-refractivity contribution in [2.75, 3.05) is 6.61 Å². The van der Waals surface area contributed by atoms with Crippen molar-refractivity contribution in [1.82, 2.24) is 0 Å². The monoisotopic (exact) mass is 384 g/mol. The normalized spacial score (nSPS) is 11.9. The molecule has 0 aromatic heterocycles. The summed E-state index contributed by atoms with van der Waals surface area (Å²) in [5.41, 5.74) is 2.68. The first kappa shape index (κ1) is 20.3. The molecule has 3 aromatic rings. The van der Waals surface area contributed by atoms with E-state index >= 15 is 0 Å². The van der Waals surface area contributed by atoms with Crippen LogP contribution in [0.3, 0.4) is 0 Å². The second-order valence-electron chi connectivity index (χ2n) is 6.80. The van der Waals surface area contributed by atoms with Gasteiger partial charge in [-0.2, -0.15) is 0 Å². The molecule has 3 aromatic carbocycles. The lowest BCUT2D eigenvalue weighted by atomic mass is 9.89. The Morgan fingerprint density at radius 3 is 2.00 bits per heavy atom. The quantitative estimate of drug-likeness (QED) is 0.352. The molecule has 0 saturated carbocycles. The maximum Gasteiger partial charge on any atom is 0.306 e. The van der Waals surface area contributed by atoms with Gasteiger partial charge in [0.25, 0.3) is 0 Å². The number of hydrogen-bond donors (Lipinski definition) is 0. The van der Waals surface area contributed by atoms with Gasteiger partial charge in [0.1, 0.15) is 6.61 Å². The van der Waals surface area contributed by atoms with Crippen molar-refractivity contribution < 1.29 is 14.3 Å². The number of carbonyl (C=O) groups is 2.